The van der Waals surface area contributed by atoms with E-state index in [1.54, 1.807) is 12.1 Å². The molecule has 0 aliphatic rings. The Bertz CT molecular complexity index is 668. The van der Waals surface area contributed by atoms with Crippen LogP contribution in [0.2, 0.25) is 10.0 Å². The molecular weight excluding hydrogens is 385 g/mol. The summed E-state index contributed by atoms with van der Waals surface area (Å²) in [6, 6.07) is 6.67. The van der Waals surface area contributed by atoms with E-state index in [0.717, 1.165) is 22.2 Å². The molecule has 21 heavy (non-hydrogen) atoms. The molecule has 0 bridgehead atoms. The van der Waals surface area contributed by atoms with Crippen molar-refractivity contribution >= 4 is 39.1 Å². The second-order valence-electron chi connectivity index (χ2n) is 4.45. The van der Waals surface area contributed by atoms with E-state index in [1.807, 2.05) is 6.07 Å². The van der Waals surface area contributed by atoms with Gasteiger partial charge in [-0.05, 0) is 36.2 Å². The van der Waals surface area contributed by atoms with Crippen LogP contribution < -0.4 is 11.3 Å². The molecule has 0 radical (unpaired) electrons. The number of halogens is 5. The van der Waals surface area contributed by atoms with E-state index < -0.39 is 17.7 Å². The van der Waals surface area contributed by atoms with Crippen molar-refractivity contribution in [3.63, 3.8) is 0 Å². The van der Waals surface area contributed by atoms with Crippen molar-refractivity contribution in [1.82, 2.24) is 5.43 Å². The number of hydrogen-bond donors (Lipinski definition) is 2. The van der Waals surface area contributed by atoms with Gasteiger partial charge in [-0.15, -0.1) is 0 Å². The van der Waals surface area contributed by atoms with Crippen molar-refractivity contribution in [2.45, 2.75) is 12.5 Å². The van der Waals surface area contributed by atoms with Crippen molar-refractivity contribution < 1.29 is 8.78 Å². The molecule has 1 unspecified atom stereocenters. The van der Waals surface area contributed by atoms with E-state index >= 15 is 0 Å². The Morgan fingerprint density at radius 1 is 1.10 bits per heavy atom. The lowest BCUT2D eigenvalue weighted by Gasteiger charge is -2.18. The van der Waals surface area contributed by atoms with Crippen LogP contribution in [-0.2, 0) is 6.42 Å². The van der Waals surface area contributed by atoms with E-state index in [4.69, 9.17) is 29.0 Å². The number of nitrogens with two attached hydrogens (primary N) is 1. The summed E-state index contributed by atoms with van der Waals surface area (Å²) in [5.41, 5.74) is 3.33. The fraction of sp³-hybridized carbons (Fsp3) is 0.143. The third-order valence-electron chi connectivity index (χ3n) is 3.06. The molecule has 0 aliphatic heterocycles. The molecule has 0 aliphatic carbocycles. The van der Waals surface area contributed by atoms with Crippen molar-refractivity contribution in [2.75, 3.05) is 0 Å². The van der Waals surface area contributed by atoms with E-state index in [1.165, 1.54) is 0 Å². The Kier molecular flexibility index (Phi) is 5.57. The van der Waals surface area contributed by atoms with Crippen LogP contribution in [0, 0.1) is 11.6 Å². The average Bonchev–Trinajstić information content (AvgIpc) is 2.43. The standard InChI is InChI=1S/C14H11BrCl2F2N2/c15-8-2-1-7(10(16)4-8)3-14(21-20)9-5-13(19)11(17)6-12(9)18/h1-2,4-6,14,21H,3,20H2. The molecule has 3 N–H and O–H groups in total. The smallest absolute Gasteiger partial charge is 0.142 e. The minimum atomic E-state index is -0.699. The first-order chi connectivity index (χ1) is 9.92. The number of hydrogen-bond acceptors (Lipinski definition) is 2. The summed E-state index contributed by atoms with van der Waals surface area (Å²) in [6.45, 7) is 0. The van der Waals surface area contributed by atoms with Crippen LogP contribution in [0.15, 0.2) is 34.8 Å². The highest BCUT2D eigenvalue weighted by atomic mass is 79.9. The molecule has 0 heterocycles. The topological polar surface area (TPSA) is 38.0 Å². The predicted octanol–water partition coefficient (Wildman–Crippen LogP) is 4.78. The van der Waals surface area contributed by atoms with Gasteiger partial charge >= 0.3 is 0 Å². The Hall–Kier alpha value is -0.720. The molecule has 7 heteroatoms. The van der Waals surface area contributed by atoms with Gasteiger partial charge in [0.1, 0.15) is 11.6 Å². The zero-order valence-corrected chi connectivity index (χ0v) is 13.7. The summed E-state index contributed by atoms with van der Waals surface area (Å²) in [6.07, 6.45) is 0.306. The van der Waals surface area contributed by atoms with Gasteiger partial charge in [-0.1, -0.05) is 45.2 Å². The maximum atomic E-state index is 13.9. The molecule has 0 fully saturated rings. The Morgan fingerprint density at radius 2 is 1.81 bits per heavy atom. The summed E-state index contributed by atoms with van der Waals surface area (Å²) in [7, 11) is 0. The van der Waals surface area contributed by atoms with Gasteiger partial charge in [0.05, 0.1) is 11.1 Å². The van der Waals surface area contributed by atoms with E-state index in [0.29, 0.717) is 11.4 Å². The molecule has 0 amide bonds. The molecular formula is C14H11BrCl2F2N2. The summed E-state index contributed by atoms with van der Waals surface area (Å²) in [4.78, 5) is 0. The second kappa shape index (κ2) is 7.03. The lowest BCUT2D eigenvalue weighted by Crippen LogP contribution is -2.30. The van der Waals surface area contributed by atoms with Crippen molar-refractivity contribution in [1.29, 1.82) is 0 Å². The van der Waals surface area contributed by atoms with Crippen molar-refractivity contribution in [3.8, 4) is 0 Å². The predicted molar refractivity (Wildman–Crippen MR) is 84.3 cm³/mol. The first-order valence-electron chi connectivity index (χ1n) is 5.97. The van der Waals surface area contributed by atoms with Gasteiger partial charge in [-0.3, -0.25) is 11.3 Å². The van der Waals surface area contributed by atoms with Gasteiger partial charge in [0, 0.05) is 15.1 Å². The van der Waals surface area contributed by atoms with Crippen molar-refractivity contribution in [3.05, 3.63) is 67.6 Å². The van der Waals surface area contributed by atoms with Gasteiger partial charge in [0.15, 0.2) is 0 Å². The Morgan fingerprint density at radius 3 is 2.43 bits per heavy atom. The molecule has 2 aromatic rings. The van der Waals surface area contributed by atoms with E-state index in [9.17, 15) is 8.78 Å². The van der Waals surface area contributed by atoms with Gasteiger partial charge in [-0.25, -0.2) is 8.78 Å². The maximum Gasteiger partial charge on any atom is 0.142 e. The molecule has 0 saturated carbocycles. The van der Waals surface area contributed by atoms with Gasteiger partial charge in [-0.2, -0.15) is 0 Å². The van der Waals surface area contributed by atoms with Crippen LogP contribution in [0.25, 0.3) is 0 Å². The lowest BCUT2D eigenvalue weighted by atomic mass is 9.98. The van der Waals surface area contributed by atoms with Crippen LogP contribution in [-0.4, -0.2) is 0 Å². The molecule has 2 aromatic carbocycles. The van der Waals surface area contributed by atoms with Crippen LogP contribution in [0.5, 0.6) is 0 Å². The molecule has 0 aromatic heterocycles. The average molecular weight is 396 g/mol. The third kappa shape index (κ3) is 3.93. The zero-order chi connectivity index (χ0) is 15.6. The van der Waals surface area contributed by atoms with Gasteiger partial charge in [0.2, 0.25) is 0 Å². The SMILES string of the molecule is NNC(Cc1ccc(Br)cc1Cl)c1cc(F)c(Cl)cc1F. The fourth-order valence-electron chi connectivity index (χ4n) is 1.97. The van der Waals surface area contributed by atoms with Crippen LogP contribution in [0.3, 0.4) is 0 Å². The summed E-state index contributed by atoms with van der Waals surface area (Å²) < 4.78 is 28.3. The van der Waals surface area contributed by atoms with Crippen LogP contribution >= 0.6 is 39.1 Å². The number of nitrogens with one attached hydrogen (secondary N) is 1. The molecule has 2 rings (SSSR count). The Balaban J connectivity index is 2.34. The highest BCUT2D eigenvalue weighted by Gasteiger charge is 2.19. The van der Waals surface area contributed by atoms with Gasteiger partial charge in [0.25, 0.3) is 0 Å². The summed E-state index contributed by atoms with van der Waals surface area (Å²) in [5, 5.41) is 0.244. The highest BCUT2D eigenvalue weighted by molar-refractivity contribution is 9.10. The number of hydrazine groups is 1. The van der Waals surface area contributed by atoms with E-state index in [-0.39, 0.29) is 10.6 Å². The summed E-state index contributed by atoms with van der Waals surface area (Å²) in [5.74, 6) is 4.14. The van der Waals surface area contributed by atoms with Gasteiger partial charge < -0.3 is 0 Å². The first-order valence-corrected chi connectivity index (χ1v) is 7.51. The first kappa shape index (κ1) is 16.6. The summed E-state index contributed by atoms with van der Waals surface area (Å²) >= 11 is 15.0. The van der Waals surface area contributed by atoms with Crippen LogP contribution in [0.1, 0.15) is 17.2 Å². The van der Waals surface area contributed by atoms with Crippen molar-refractivity contribution in [2.24, 2.45) is 5.84 Å². The molecule has 1 atom stereocenters. The number of benzene rings is 2. The minimum Gasteiger partial charge on any atom is -0.271 e. The second-order valence-corrected chi connectivity index (χ2v) is 6.18. The third-order valence-corrected chi connectivity index (χ3v) is 4.19. The molecule has 0 spiro atoms. The largest absolute Gasteiger partial charge is 0.271 e. The highest BCUT2D eigenvalue weighted by Crippen LogP contribution is 2.29. The maximum absolute atomic E-state index is 13.9. The molecule has 112 valence electrons. The molecule has 2 nitrogen and oxygen atoms in total. The normalized spacial score (nSPS) is 12.5. The fourth-order valence-corrected chi connectivity index (χ4v) is 2.87. The number of rotatable bonds is 4. The lowest BCUT2D eigenvalue weighted by molar-refractivity contribution is 0.502. The molecule has 0 saturated heterocycles. The zero-order valence-electron chi connectivity index (χ0n) is 10.6. The minimum absolute atomic E-state index is 0.0957. The Labute approximate surface area is 139 Å². The monoisotopic (exact) mass is 394 g/mol. The quantitative estimate of drug-likeness (QED) is 0.444. The van der Waals surface area contributed by atoms with E-state index in [2.05, 4.69) is 21.4 Å². The van der Waals surface area contributed by atoms with Crippen LogP contribution in [0.4, 0.5) is 8.78 Å².